The van der Waals surface area contributed by atoms with Crippen molar-refractivity contribution in [2.45, 2.75) is 44.9 Å². The number of aryl methyl sites for hydroxylation is 1. The van der Waals surface area contributed by atoms with Crippen molar-refractivity contribution in [2.24, 2.45) is 0 Å². The molecule has 3 amide bonds. The van der Waals surface area contributed by atoms with Gasteiger partial charge < -0.3 is 15.0 Å². The number of carbonyl (C=O) groups excluding carboxylic acids is 3. The van der Waals surface area contributed by atoms with Crippen LogP contribution in [0.2, 0.25) is 0 Å². The maximum absolute atomic E-state index is 13.6. The van der Waals surface area contributed by atoms with Crippen molar-refractivity contribution in [2.75, 3.05) is 18.4 Å². The van der Waals surface area contributed by atoms with Crippen LogP contribution in [0.1, 0.15) is 41.2 Å². The average molecular weight is 498 g/mol. The van der Waals surface area contributed by atoms with Gasteiger partial charge in [-0.05, 0) is 48.6 Å². The SMILES string of the molecule is Cc1cccc(CN2C(=O)OC(c3ccc(NC(=O)Cc4ccccc4)cc3)C2C(=O)N2CCCC2)c1. The number of anilines is 1. The van der Waals surface area contributed by atoms with Crippen molar-refractivity contribution >= 4 is 23.6 Å². The van der Waals surface area contributed by atoms with Crippen LogP contribution in [0, 0.1) is 6.92 Å². The minimum atomic E-state index is -0.746. The number of nitrogens with one attached hydrogen (secondary N) is 1. The molecule has 2 saturated heterocycles. The molecule has 2 aliphatic rings. The molecule has 2 fully saturated rings. The van der Waals surface area contributed by atoms with Crippen molar-refractivity contribution < 1.29 is 19.1 Å². The maximum atomic E-state index is 13.6. The number of carbonyl (C=O) groups is 3. The fourth-order valence-electron chi connectivity index (χ4n) is 5.07. The first-order valence-corrected chi connectivity index (χ1v) is 12.7. The average Bonchev–Trinajstić information content (AvgIpc) is 3.54. The molecule has 0 radical (unpaired) electrons. The van der Waals surface area contributed by atoms with Crippen molar-refractivity contribution in [3.8, 4) is 0 Å². The van der Waals surface area contributed by atoms with Crippen LogP contribution < -0.4 is 5.32 Å². The molecule has 1 N–H and O–H groups in total. The van der Waals surface area contributed by atoms with E-state index in [4.69, 9.17) is 4.74 Å². The summed E-state index contributed by atoms with van der Waals surface area (Å²) in [6.07, 6.45) is 0.993. The second-order valence-corrected chi connectivity index (χ2v) is 9.73. The first-order valence-electron chi connectivity index (χ1n) is 12.7. The molecule has 0 bridgehead atoms. The highest BCUT2D eigenvalue weighted by molar-refractivity contribution is 5.92. The largest absolute Gasteiger partial charge is 0.438 e. The van der Waals surface area contributed by atoms with Crippen LogP contribution in [-0.2, 0) is 27.3 Å². The van der Waals surface area contributed by atoms with E-state index >= 15 is 0 Å². The Morgan fingerprint density at radius 2 is 1.62 bits per heavy atom. The molecule has 2 atom stereocenters. The summed E-state index contributed by atoms with van der Waals surface area (Å²) in [6, 6.07) is 23.9. The first-order chi connectivity index (χ1) is 18.0. The highest BCUT2D eigenvalue weighted by Gasteiger charge is 2.48. The minimum absolute atomic E-state index is 0.0822. The molecule has 2 aliphatic heterocycles. The quantitative estimate of drug-likeness (QED) is 0.506. The molecular formula is C30H31N3O4. The summed E-state index contributed by atoms with van der Waals surface area (Å²) in [5.41, 5.74) is 4.35. The van der Waals surface area contributed by atoms with Crippen LogP contribution in [0.3, 0.4) is 0 Å². The van der Waals surface area contributed by atoms with E-state index in [0.29, 0.717) is 25.3 Å². The highest BCUT2D eigenvalue weighted by atomic mass is 16.6. The summed E-state index contributed by atoms with van der Waals surface area (Å²) in [7, 11) is 0. The van der Waals surface area contributed by atoms with E-state index in [-0.39, 0.29) is 18.2 Å². The van der Waals surface area contributed by atoms with Crippen LogP contribution in [-0.4, -0.2) is 46.8 Å². The van der Waals surface area contributed by atoms with Gasteiger partial charge in [-0.3, -0.25) is 14.5 Å². The van der Waals surface area contributed by atoms with Gasteiger partial charge in [0, 0.05) is 18.8 Å². The number of benzene rings is 3. The van der Waals surface area contributed by atoms with Crippen molar-refractivity contribution in [1.29, 1.82) is 0 Å². The van der Waals surface area contributed by atoms with Crippen molar-refractivity contribution in [3.05, 3.63) is 101 Å². The Labute approximate surface area is 217 Å². The Bertz CT molecular complexity index is 1270. The Balaban J connectivity index is 1.34. The summed E-state index contributed by atoms with van der Waals surface area (Å²) in [4.78, 5) is 42.5. The van der Waals surface area contributed by atoms with E-state index in [1.54, 1.807) is 17.0 Å². The molecule has 0 spiro atoms. The predicted octanol–water partition coefficient (Wildman–Crippen LogP) is 4.86. The topological polar surface area (TPSA) is 79.0 Å². The smallest absolute Gasteiger partial charge is 0.411 e. The van der Waals surface area contributed by atoms with Crippen LogP contribution >= 0.6 is 0 Å². The number of amides is 3. The predicted molar refractivity (Wildman–Crippen MR) is 141 cm³/mol. The van der Waals surface area contributed by atoms with E-state index < -0.39 is 18.2 Å². The molecule has 0 saturated carbocycles. The lowest BCUT2D eigenvalue weighted by Gasteiger charge is -2.28. The van der Waals surface area contributed by atoms with E-state index in [1.165, 1.54) is 0 Å². The van der Waals surface area contributed by atoms with Crippen LogP contribution in [0.4, 0.5) is 10.5 Å². The molecule has 7 nitrogen and oxygen atoms in total. The zero-order valence-corrected chi connectivity index (χ0v) is 20.9. The number of hydrogen-bond acceptors (Lipinski definition) is 4. The fourth-order valence-corrected chi connectivity index (χ4v) is 5.07. The summed E-state index contributed by atoms with van der Waals surface area (Å²) < 4.78 is 5.81. The zero-order chi connectivity index (χ0) is 25.8. The third-order valence-corrected chi connectivity index (χ3v) is 6.92. The van der Waals surface area contributed by atoms with Gasteiger partial charge in [-0.1, -0.05) is 72.3 Å². The summed E-state index contributed by atoms with van der Waals surface area (Å²) >= 11 is 0. The second-order valence-electron chi connectivity index (χ2n) is 9.73. The lowest BCUT2D eigenvalue weighted by molar-refractivity contribution is -0.135. The molecule has 7 heteroatoms. The molecule has 0 aromatic heterocycles. The number of ether oxygens (including phenoxy) is 1. The standard InChI is InChI=1S/C30H31N3O4/c1-21-8-7-11-23(18-21)20-33-27(29(35)32-16-5-6-17-32)28(37-30(33)36)24-12-14-25(15-13-24)31-26(34)19-22-9-3-2-4-10-22/h2-4,7-15,18,27-28H,5-6,16-17,19-20H2,1H3,(H,31,34). The van der Waals surface area contributed by atoms with Gasteiger partial charge in [0.25, 0.3) is 0 Å². The monoisotopic (exact) mass is 497 g/mol. The third kappa shape index (κ3) is 5.66. The third-order valence-electron chi connectivity index (χ3n) is 6.92. The molecule has 5 rings (SSSR count). The Morgan fingerprint density at radius 1 is 0.919 bits per heavy atom. The zero-order valence-electron chi connectivity index (χ0n) is 20.9. The minimum Gasteiger partial charge on any atom is -0.438 e. The van der Waals surface area contributed by atoms with E-state index in [9.17, 15) is 14.4 Å². The molecule has 3 aromatic carbocycles. The molecule has 0 aliphatic carbocycles. The molecule has 2 heterocycles. The normalized spacial score (nSPS) is 19.1. The van der Waals surface area contributed by atoms with Gasteiger partial charge in [-0.15, -0.1) is 0 Å². The number of hydrogen-bond donors (Lipinski definition) is 1. The van der Waals surface area contributed by atoms with Gasteiger partial charge in [0.05, 0.1) is 13.0 Å². The molecule has 2 unspecified atom stereocenters. The van der Waals surface area contributed by atoms with Crippen LogP contribution in [0.25, 0.3) is 0 Å². The number of rotatable bonds is 7. The van der Waals surface area contributed by atoms with Gasteiger partial charge in [-0.25, -0.2) is 4.79 Å². The number of nitrogens with zero attached hydrogens (tertiary/aromatic N) is 2. The maximum Gasteiger partial charge on any atom is 0.411 e. The molecule has 190 valence electrons. The van der Waals surface area contributed by atoms with Gasteiger partial charge in [0.1, 0.15) is 0 Å². The Hall–Kier alpha value is -4.13. The lowest BCUT2D eigenvalue weighted by atomic mass is 9.99. The first kappa shape index (κ1) is 24.6. The van der Waals surface area contributed by atoms with Gasteiger partial charge in [0.2, 0.25) is 11.8 Å². The Kier molecular flexibility index (Phi) is 7.21. The van der Waals surface area contributed by atoms with Gasteiger partial charge in [0.15, 0.2) is 12.1 Å². The molecule has 3 aromatic rings. The molecule has 37 heavy (non-hydrogen) atoms. The van der Waals surface area contributed by atoms with Crippen LogP contribution in [0.5, 0.6) is 0 Å². The van der Waals surface area contributed by atoms with E-state index in [2.05, 4.69) is 5.32 Å². The lowest BCUT2D eigenvalue weighted by Crippen LogP contribution is -2.47. The summed E-state index contributed by atoms with van der Waals surface area (Å²) in [6.45, 7) is 3.69. The highest BCUT2D eigenvalue weighted by Crippen LogP contribution is 2.36. The summed E-state index contributed by atoms with van der Waals surface area (Å²) in [5, 5.41) is 2.91. The Morgan fingerprint density at radius 3 is 2.32 bits per heavy atom. The van der Waals surface area contributed by atoms with Crippen molar-refractivity contribution in [1.82, 2.24) is 9.80 Å². The van der Waals surface area contributed by atoms with Gasteiger partial charge in [-0.2, -0.15) is 0 Å². The summed E-state index contributed by atoms with van der Waals surface area (Å²) in [5.74, 6) is -0.195. The second kappa shape index (κ2) is 10.9. The number of likely N-dealkylation sites (tertiary alicyclic amines) is 1. The molecular weight excluding hydrogens is 466 g/mol. The van der Waals surface area contributed by atoms with E-state index in [1.807, 2.05) is 78.6 Å². The van der Waals surface area contributed by atoms with Gasteiger partial charge >= 0.3 is 6.09 Å². The van der Waals surface area contributed by atoms with Crippen molar-refractivity contribution in [3.63, 3.8) is 0 Å². The van der Waals surface area contributed by atoms with E-state index in [0.717, 1.165) is 35.1 Å². The fraction of sp³-hybridized carbons (Fsp3) is 0.300. The number of cyclic esters (lactones) is 1. The van der Waals surface area contributed by atoms with Crippen LogP contribution in [0.15, 0.2) is 78.9 Å².